The molecule has 1 aromatic heterocycles. The Morgan fingerprint density at radius 2 is 2.10 bits per heavy atom. The monoisotopic (exact) mass is 269 g/mol. The van der Waals surface area contributed by atoms with Crippen LogP contribution in [0.2, 0.25) is 0 Å². The summed E-state index contributed by atoms with van der Waals surface area (Å²) >= 11 is 0. The summed E-state index contributed by atoms with van der Waals surface area (Å²) in [5.74, 6) is 1.77. The van der Waals surface area contributed by atoms with Crippen LogP contribution in [0, 0.1) is 0 Å². The number of nitrogens with one attached hydrogen (secondary N) is 2. The second kappa shape index (κ2) is 5.88. The van der Waals surface area contributed by atoms with Gasteiger partial charge in [0, 0.05) is 31.4 Å². The largest absolute Gasteiger partial charge is 0.366 e. The predicted molar refractivity (Wildman–Crippen MR) is 81.4 cm³/mol. The molecule has 0 radical (unpaired) electrons. The van der Waals surface area contributed by atoms with E-state index in [1.54, 1.807) is 6.33 Å². The van der Waals surface area contributed by atoms with Crippen molar-refractivity contribution >= 4 is 17.3 Å². The lowest BCUT2D eigenvalue weighted by atomic mass is 10.2. The van der Waals surface area contributed by atoms with Crippen LogP contribution in [0.15, 0.2) is 42.7 Å². The highest BCUT2D eigenvalue weighted by Gasteiger charge is 2.15. The molecular weight excluding hydrogens is 250 g/mol. The van der Waals surface area contributed by atoms with Gasteiger partial charge in [-0.05, 0) is 25.1 Å². The van der Waals surface area contributed by atoms with Crippen LogP contribution in [0.3, 0.4) is 0 Å². The molecule has 2 aromatic rings. The van der Waals surface area contributed by atoms with E-state index in [4.69, 9.17) is 0 Å². The lowest BCUT2D eigenvalue weighted by Gasteiger charge is -2.19. The van der Waals surface area contributed by atoms with Gasteiger partial charge in [-0.3, -0.25) is 0 Å². The van der Waals surface area contributed by atoms with Crippen LogP contribution in [-0.4, -0.2) is 36.1 Å². The standard InChI is InChI=1S/C15H19N5/c1-20(13-5-3-2-4-6-13)15-9-14(17-11-18-15)19-12-7-8-16-10-12/h2-6,9,11-12,16H,7-8,10H2,1H3,(H,17,18,19). The molecule has 0 spiro atoms. The van der Waals surface area contributed by atoms with Gasteiger partial charge in [-0.1, -0.05) is 18.2 Å². The second-order valence-electron chi connectivity index (χ2n) is 4.99. The second-order valence-corrected chi connectivity index (χ2v) is 4.99. The molecule has 0 amide bonds. The van der Waals surface area contributed by atoms with Gasteiger partial charge in [0.1, 0.15) is 18.0 Å². The maximum atomic E-state index is 4.35. The SMILES string of the molecule is CN(c1ccccc1)c1cc(NC2CCNC2)ncn1. The first-order valence-corrected chi connectivity index (χ1v) is 6.91. The fraction of sp³-hybridized carbons (Fsp3) is 0.333. The fourth-order valence-electron chi connectivity index (χ4n) is 2.38. The van der Waals surface area contributed by atoms with Crippen molar-refractivity contribution in [3.63, 3.8) is 0 Å². The Labute approximate surface area is 119 Å². The van der Waals surface area contributed by atoms with Crippen LogP contribution >= 0.6 is 0 Å². The molecule has 20 heavy (non-hydrogen) atoms. The predicted octanol–water partition coefficient (Wildman–Crippen LogP) is 2.02. The van der Waals surface area contributed by atoms with Crippen molar-refractivity contribution in [3.05, 3.63) is 42.7 Å². The number of hydrogen-bond donors (Lipinski definition) is 2. The van der Waals surface area contributed by atoms with Crippen molar-refractivity contribution in [2.75, 3.05) is 30.4 Å². The Morgan fingerprint density at radius 3 is 2.85 bits per heavy atom. The Hall–Kier alpha value is -2.14. The molecule has 5 nitrogen and oxygen atoms in total. The molecule has 1 aromatic carbocycles. The normalized spacial score (nSPS) is 17.9. The van der Waals surface area contributed by atoms with Gasteiger partial charge in [0.15, 0.2) is 0 Å². The third kappa shape index (κ3) is 2.88. The van der Waals surface area contributed by atoms with Crippen molar-refractivity contribution in [2.45, 2.75) is 12.5 Å². The number of hydrogen-bond acceptors (Lipinski definition) is 5. The van der Waals surface area contributed by atoms with E-state index >= 15 is 0 Å². The van der Waals surface area contributed by atoms with Gasteiger partial charge >= 0.3 is 0 Å². The first-order valence-electron chi connectivity index (χ1n) is 6.91. The minimum atomic E-state index is 0.458. The lowest BCUT2D eigenvalue weighted by molar-refractivity contribution is 0.786. The van der Waals surface area contributed by atoms with Crippen LogP contribution in [-0.2, 0) is 0 Å². The summed E-state index contributed by atoms with van der Waals surface area (Å²) in [6.45, 7) is 2.06. The van der Waals surface area contributed by atoms with Crippen molar-refractivity contribution in [3.8, 4) is 0 Å². The molecule has 2 heterocycles. The number of rotatable bonds is 4. The van der Waals surface area contributed by atoms with Crippen LogP contribution in [0.1, 0.15) is 6.42 Å². The zero-order chi connectivity index (χ0) is 13.8. The smallest absolute Gasteiger partial charge is 0.138 e. The van der Waals surface area contributed by atoms with Gasteiger partial charge < -0.3 is 15.5 Å². The molecule has 1 aliphatic heterocycles. The molecule has 1 aliphatic rings. The average molecular weight is 269 g/mol. The van der Waals surface area contributed by atoms with Gasteiger partial charge in [-0.2, -0.15) is 0 Å². The van der Waals surface area contributed by atoms with E-state index in [0.29, 0.717) is 6.04 Å². The van der Waals surface area contributed by atoms with Crippen LogP contribution in [0.25, 0.3) is 0 Å². The quantitative estimate of drug-likeness (QED) is 0.889. The van der Waals surface area contributed by atoms with Crippen LogP contribution in [0.4, 0.5) is 17.3 Å². The van der Waals surface area contributed by atoms with Gasteiger partial charge in [-0.15, -0.1) is 0 Å². The Balaban J connectivity index is 1.76. The highest BCUT2D eigenvalue weighted by atomic mass is 15.2. The third-order valence-corrected chi connectivity index (χ3v) is 3.55. The average Bonchev–Trinajstić information content (AvgIpc) is 3.01. The summed E-state index contributed by atoms with van der Waals surface area (Å²) in [5.41, 5.74) is 1.11. The first-order chi connectivity index (χ1) is 9.83. The summed E-state index contributed by atoms with van der Waals surface area (Å²) in [6, 6.07) is 12.6. The number of benzene rings is 1. The highest BCUT2D eigenvalue weighted by molar-refractivity contribution is 5.61. The Kier molecular flexibility index (Phi) is 3.78. The molecule has 0 bridgehead atoms. The maximum absolute atomic E-state index is 4.35. The molecule has 1 saturated heterocycles. The van der Waals surface area contributed by atoms with Crippen LogP contribution in [0.5, 0.6) is 0 Å². The lowest BCUT2D eigenvalue weighted by Crippen LogP contribution is -2.23. The molecule has 104 valence electrons. The van der Waals surface area contributed by atoms with Crippen molar-refractivity contribution < 1.29 is 0 Å². The zero-order valence-electron chi connectivity index (χ0n) is 11.6. The van der Waals surface area contributed by atoms with Crippen LogP contribution < -0.4 is 15.5 Å². The fourth-order valence-corrected chi connectivity index (χ4v) is 2.38. The highest BCUT2D eigenvalue weighted by Crippen LogP contribution is 2.22. The summed E-state index contributed by atoms with van der Waals surface area (Å²) in [4.78, 5) is 10.7. The van der Waals surface area contributed by atoms with Gasteiger partial charge in [0.2, 0.25) is 0 Å². The number of nitrogens with zero attached hydrogens (tertiary/aromatic N) is 3. The summed E-state index contributed by atoms with van der Waals surface area (Å²) < 4.78 is 0. The first kappa shape index (κ1) is 12.9. The molecule has 3 rings (SSSR count). The summed E-state index contributed by atoms with van der Waals surface area (Å²) in [7, 11) is 2.01. The van der Waals surface area contributed by atoms with E-state index in [-0.39, 0.29) is 0 Å². The molecule has 5 heteroatoms. The molecule has 1 fully saturated rings. The molecular formula is C15H19N5. The Bertz CT molecular complexity index is 551. The van der Waals surface area contributed by atoms with E-state index in [1.165, 1.54) is 0 Å². The molecule has 0 aliphatic carbocycles. The van der Waals surface area contributed by atoms with E-state index in [9.17, 15) is 0 Å². The molecule has 1 atom stereocenters. The van der Waals surface area contributed by atoms with Crippen molar-refractivity contribution in [2.24, 2.45) is 0 Å². The number of anilines is 3. The molecule has 2 N–H and O–H groups in total. The zero-order valence-corrected chi connectivity index (χ0v) is 11.6. The third-order valence-electron chi connectivity index (χ3n) is 3.55. The van der Waals surface area contributed by atoms with Crippen molar-refractivity contribution in [1.29, 1.82) is 0 Å². The summed E-state index contributed by atoms with van der Waals surface area (Å²) in [5, 5.41) is 6.79. The minimum Gasteiger partial charge on any atom is -0.366 e. The van der Waals surface area contributed by atoms with Gasteiger partial charge in [0.05, 0.1) is 0 Å². The van der Waals surface area contributed by atoms with Crippen molar-refractivity contribution in [1.82, 2.24) is 15.3 Å². The Morgan fingerprint density at radius 1 is 1.25 bits per heavy atom. The van der Waals surface area contributed by atoms with Gasteiger partial charge in [0.25, 0.3) is 0 Å². The number of aromatic nitrogens is 2. The van der Waals surface area contributed by atoms with E-state index in [0.717, 1.165) is 36.8 Å². The minimum absolute atomic E-state index is 0.458. The maximum Gasteiger partial charge on any atom is 0.138 e. The van der Waals surface area contributed by atoms with E-state index < -0.39 is 0 Å². The topological polar surface area (TPSA) is 53.1 Å². The summed E-state index contributed by atoms with van der Waals surface area (Å²) in [6.07, 6.45) is 2.74. The van der Waals surface area contributed by atoms with E-state index in [1.807, 2.05) is 31.3 Å². The van der Waals surface area contributed by atoms with Gasteiger partial charge in [-0.25, -0.2) is 9.97 Å². The van der Waals surface area contributed by atoms with E-state index in [2.05, 4.69) is 37.6 Å². The molecule has 1 unspecified atom stereocenters. The number of para-hydroxylation sites is 1. The molecule has 0 saturated carbocycles.